The molecule has 19 heavy (non-hydrogen) atoms. The Kier molecular flexibility index (Phi) is 4.74. The Morgan fingerprint density at radius 1 is 1.47 bits per heavy atom. The van der Waals surface area contributed by atoms with E-state index >= 15 is 0 Å². The number of alkyl halides is 1. The van der Waals surface area contributed by atoms with Crippen molar-refractivity contribution in [2.75, 3.05) is 19.8 Å². The second-order valence-corrected chi connectivity index (χ2v) is 6.99. The zero-order chi connectivity index (χ0) is 14.0. The van der Waals surface area contributed by atoms with Crippen LogP contribution < -0.4 is 0 Å². The lowest BCUT2D eigenvalue weighted by molar-refractivity contribution is 0.0393. The summed E-state index contributed by atoms with van der Waals surface area (Å²) in [7, 11) is -3.52. The molecule has 1 fully saturated rings. The number of sulfonamides is 1. The van der Waals surface area contributed by atoms with Gasteiger partial charge in [0.2, 0.25) is 10.0 Å². The third-order valence-corrected chi connectivity index (χ3v) is 5.74. The molecule has 106 valence electrons. The van der Waals surface area contributed by atoms with Crippen LogP contribution in [0.2, 0.25) is 5.02 Å². The summed E-state index contributed by atoms with van der Waals surface area (Å²) in [6.45, 7) is 3.02. The first-order valence-corrected chi connectivity index (χ1v) is 8.26. The summed E-state index contributed by atoms with van der Waals surface area (Å²) in [5.74, 6) is 0.181. The van der Waals surface area contributed by atoms with Gasteiger partial charge in [0, 0.05) is 23.5 Å². The molecule has 1 saturated heterocycles. The minimum Gasteiger partial charge on any atom is -0.378 e. The van der Waals surface area contributed by atoms with Crippen molar-refractivity contribution in [3.05, 3.63) is 28.8 Å². The summed E-state index contributed by atoms with van der Waals surface area (Å²) < 4.78 is 31.8. The molecule has 0 spiro atoms. The van der Waals surface area contributed by atoms with Gasteiger partial charge in [-0.2, -0.15) is 4.31 Å². The van der Waals surface area contributed by atoms with Crippen LogP contribution in [0.4, 0.5) is 0 Å². The first-order valence-electron chi connectivity index (χ1n) is 5.91. The minimum atomic E-state index is -3.52. The lowest BCUT2D eigenvalue weighted by atomic mass is 10.2. The van der Waals surface area contributed by atoms with E-state index in [9.17, 15) is 8.42 Å². The number of halogens is 2. The van der Waals surface area contributed by atoms with Crippen molar-refractivity contribution in [3.63, 3.8) is 0 Å². The molecular weight excluding hydrogens is 309 g/mol. The van der Waals surface area contributed by atoms with Gasteiger partial charge < -0.3 is 4.74 Å². The molecule has 1 heterocycles. The van der Waals surface area contributed by atoms with Gasteiger partial charge >= 0.3 is 0 Å². The monoisotopic (exact) mass is 323 g/mol. The standard InChI is InChI=1S/C12H15Cl2NO3S/c1-9-8-18-5-4-15(9)19(16,17)11-2-3-12(14)10(6-11)7-13/h2-3,6,9H,4-5,7-8H2,1H3. The second kappa shape index (κ2) is 5.97. The van der Waals surface area contributed by atoms with E-state index in [1.54, 1.807) is 6.07 Å². The number of ether oxygens (including phenoxy) is 1. The van der Waals surface area contributed by atoms with Crippen molar-refractivity contribution in [2.24, 2.45) is 0 Å². The molecule has 0 saturated carbocycles. The van der Waals surface area contributed by atoms with Gasteiger partial charge in [0.25, 0.3) is 0 Å². The van der Waals surface area contributed by atoms with E-state index in [0.29, 0.717) is 30.3 Å². The van der Waals surface area contributed by atoms with Gasteiger partial charge in [0.1, 0.15) is 0 Å². The number of morpholine rings is 1. The molecule has 1 aliphatic rings. The first kappa shape index (κ1) is 15.1. The molecule has 1 unspecified atom stereocenters. The molecule has 0 bridgehead atoms. The average molecular weight is 324 g/mol. The predicted molar refractivity (Wildman–Crippen MR) is 75.2 cm³/mol. The number of hydrogen-bond acceptors (Lipinski definition) is 3. The number of nitrogens with zero attached hydrogens (tertiary/aromatic N) is 1. The van der Waals surface area contributed by atoms with Gasteiger partial charge in [0.05, 0.1) is 18.1 Å². The second-order valence-electron chi connectivity index (χ2n) is 4.43. The molecular formula is C12H15Cl2NO3S. The predicted octanol–water partition coefficient (Wildman–Crippen LogP) is 2.49. The molecule has 1 aromatic carbocycles. The van der Waals surface area contributed by atoms with Crippen LogP contribution in [0.25, 0.3) is 0 Å². The Balaban J connectivity index is 2.38. The highest BCUT2D eigenvalue weighted by atomic mass is 35.5. The Bertz CT molecular complexity index is 562. The summed E-state index contributed by atoms with van der Waals surface area (Å²) in [5, 5.41) is 0.476. The van der Waals surface area contributed by atoms with Gasteiger partial charge in [-0.3, -0.25) is 0 Å². The smallest absolute Gasteiger partial charge is 0.243 e. The first-order chi connectivity index (χ1) is 8.96. The molecule has 1 aliphatic heterocycles. The van der Waals surface area contributed by atoms with Crippen LogP contribution in [-0.2, 0) is 20.6 Å². The highest BCUT2D eigenvalue weighted by Gasteiger charge is 2.31. The van der Waals surface area contributed by atoms with Crippen molar-refractivity contribution in [1.82, 2.24) is 4.31 Å². The zero-order valence-electron chi connectivity index (χ0n) is 10.5. The fourth-order valence-corrected chi connectivity index (χ4v) is 4.14. The van der Waals surface area contributed by atoms with E-state index in [-0.39, 0.29) is 16.8 Å². The van der Waals surface area contributed by atoms with Crippen LogP contribution in [0.3, 0.4) is 0 Å². The Morgan fingerprint density at radius 2 is 2.21 bits per heavy atom. The summed E-state index contributed by atoms with van der Waals surface area (Å²) in [5.41, 5.74) is 0.616. The molecule has 0 N–H and O–H groups in total. The van der Waals surface area contributed by atoms with Crippen molar-refractivity contribution in [2.45, 2.75) is 23.7 Å². The van der Waals surface area contributed by atoms with Crippen LogP contribution >= 0.6 is 23.2 Å². The van der Waals surface area contributed by atoms with Gasteiger partial charge in [-0.1, -0.05) is 11.6 Å². The molecule has 0 amide bonds. The van der Waals surface area contributed by atoms with E-state index in [4.69, 9.17) is 27.9 Å². The SMILES string of the molecule is CC1COCCN1S(=O)(=O)c1ccc(Cl)c(CCl)c1. The summed E-state index contributed by atoms with van der Waals surface area (Å²) in [4.78, 5) is 0.223. The summed E-state index contributed by atoms with van der Waals surface area (Å²) in [6.07, 6.45) is 0. The highest BCUT2D eigenvalue weighted by molar-refractivity contribution is 7.89. The van der Waals surface area contributed by atoms with Crippen LogP contribution in [-0.4, -0.2) is 38.5 Å². The maximum atomic E-state index is 12.6. The number of benzene rings is 1. The molecule has 1 atom stereocenters. The summed E-state index contributed by atoms with van der Waals surface area (Å²) in [6, 6.07) is 4.44. The van der Waals surface area contributed by atoms with Gasteiger partial charge in [-0.25, -0.2) is 8.42 Å². The van der Waals surface area contributed by atoms with Crippen molar-refractivity contribution in [3.8, 4) is 0 Å². The van der Waals surface area contributed by atoms with Gasteiger partial charge in [-0.05, 0) is 30.7 Å². The quantitative estimate of drug-likeness (QED) is 0.803. The Hall–Kier alpha value is -0.330. The Labute approximate surface area is 123 Å². The van der Waals surface area contributed by atoms with Crippen LogP contribution in [0.1, 0.15) is 12.5 Å². The molecule has 0 aromatic heterocycles. The Morgan fingerprint density at radius 3 is 2.84 bits per heavy atom. The maximum absolute atomic E-state index is 12.6. The van der Waals surface area contributed by atoms with E-state index in [2.05, 4.69) is 0 Å². The molecule has 7 heteroatoms. The normalized spacial score (nSPS) is 21.5. The fourth-order valence-electron chi connectivity index (χ4n) is 2.02. The third-order valence-electron chi connectivity index (χ3n) is 3.07. The van der Waals surface area contributed by atoms with Gasteiger partial charge in [0.15, 0.2) is 0 Å². The average Bonchev–Trinajstić information content (AvgIpc) is 2.39. The van der Waals surface area contributed by atoms with Crippen molar-refractivity contribution < 1.29 is 13.2 Å². The number of hydrogen-bond donors (Lipinski definition) is 0. The molecule has 0 radical (unpaired) electrons. The molecule has 4 nitrogen and oxygen atoms in total. The molecule has 1 aromatic rings. The topological polar surface area (TPSA) is 46.6 Å². The summed E-state index contributed by atoms with van der Waals surface area (Å²) >= 11 is 11.7. The van der Waals surface area contributed by atoms with Crippen LogP contribution in [0.15, 0.2) is 23.1 Å². The van der Waals surface area contributed by atoms with Crippen molar-refractivity contribution in [1.29, 1.82) is 0 Å². The minimum absolute atomic E-state index is 0.172. The van der Waals surface area contributed by atoms with Crippen LogP contribution in [0, 0.1) is 0 Å². The van der Waals surface area contributed by atoms with E-state index in [1.807, 2.05) is 6.92 Å². The lowest BCUT2D eigenvalue weighted by Gasteiger charge is -2.32. The lowest BCUT2D eigenvalue weighted by Crippen LogP contribution is -2.46. The number of rotatable bonds is 3. The van der Waals surface area contributed by atoms with E-state index in [1.165, 1.54) is 16.4 Å². The molecule has 2 rings (SSSR count). The van der Waals surface area contributed by atoms with Gasteiger partial charge in [-0.15, -0.1) is 11.6 Å². The zero-order valence-corrected chi connectivity index (χ0v) is 12.8. The maximum Gasteiger partial charge on any atom is 0.243 e. The third kappa shape index (κ3) is 3.06. The van der Waals surface area contributed by atoms with Crippen LogP contribution in [0.5, 0.6) is 0 Å². The van der Waals surface area contributed by atoms with E-state index in [0.717, 1.165) is 0 Å². The van der Waals surface area contributed by atoms with Crippen molar-refractivity contribution >= 4 is 33.2 Å². The van der Waals surface area contributed by atoms with E-state index < -0.39 is 10.0 Å². The molecule has 0 aliphatic carbocycles. The largest absolute Gasteiger partial charge is 0.378 e. The fraction of sp³-hybridized carbons (Fsp3) is 0.500. The highest BCUT2D eigenvalue weighted by Crippen LogP contribution is 2.25.